The molecule has 10 heteroatoms. The Labute approximate surface area is 203 Å². The Morgan fingerprint density at radius 2 is 1.97 bits per heavy atom. The van der Waals surface area contributed by atoms with E-state index in [-0.39, 0.29) is 11.7 Å². The molecule has 1 aliphatic rings. The Morgan fingerprint density at radius 1 is 1.23 bits per heavy atom. The number of ether oxygens (including phenoxy) is 2. The number of rotatable bonds is 6. The SMILES string of the molecule is COc1cc(C#N)cc(-n2cc(C(C)C(=O)Nc3cc(C4CC4)nn3C(=O)OC(C)(C)C)cn2)c1. The van der Waals surface area contributed by atoms with Gasteiger partial charge < -0.3 is 14.8 Å². The standard InChI is InChI=1S/C25H28N6O4/c1-15(18-13-27-30(14-18)19-8-16(12-26)9-20(10-19)34-5)23(32)28-22-11-21(17-6-7-17)29-31(22)24(33)35-25(2,3)4/h8-11,13-15,17H,6-7H2,1-5H3,(H,28,32). The van der Waals surface area contributed by atoms with Gasteiger partial charge in [-0.2, -0.15) is 15.5 Å². The highest BCUT2D eigenvalue weighted by Gasteiger charge is 2.31. The number of carbonyl (C=O) groups is 2. The second-order valence-electron chi connectivity index (χ2n) is 9.58. The Kier molecular flexibility index (Phi) is 6.35. The lowest BCUT2D eigenvalue weighted by Gasteiger charge is -2.20. The van der Waals surface area contributed by atoms with Gasteiger partial charge in [0.2, 0.25) is 5.91 Å². The van der Waals surface area contributed by atoms with E-state index in [4.69, 9.17) is 9.47 Å². The molecule has 0 aliphatic heterocycles. The van der Waals surface area contributed by atoms with Gasteiger partial charge in [0.25, 0.3) is 0 Å². The summed E-state index contributed by atoms with van der Waals surface area (Å²) in [7, 11) is 1.53. The molecule has 0 spiro atoms. The summed E-state index contributed by atoms with van der Waals surface area (Å²) in [6.07, 6.45) is 4.68. The van der Waals surface area contributed by atoms with Crippen LogP contribution in [0.1, 0.15) is 69.2 Å². The number of nitrogens with one attached hydrogen (secondary N) is 1. The quantitative estimate of drug-likeness (QED) is 0.561. The number of carbonyl (C=O) groups excluding carboxylic acids is 2. The van der Waals surface area contributed by atoms with Gasteiger partial charge in [0.1, 0.15) is 17.2 Å². The Balaban J connectivity index is 1.54. The van der Waals surface area contributed by atoms with Crippen molar-refractivity contribution in [3.8, 4) is 17.5 Å². The molecule has 1 aliphatic carbocycles. The third-order valence-corrected chi connectivity index (χ3v) is 5.56. The summed E-state index contributed by atoms with van der Waals surface area (Å²) in [6, 6.07) is 8.90. The van der Waals surface area contributed by atoms with Gasteiger partial charge in [0.15, 0.2) is 0 Å². The molecule has 0 saturated heterocycles. The van der Waals surface area contributed by atoms with Crippen LogP contribution in [0.4, 0.5) is 10.6 Å². The summed E-state index contributed by atoms with van der Waals surface area (Å²) < 4.78 is 13.4. The van der Waals surface area contributed by atoms with E-state index >= 15 is 0 Å². The maximum Gasteiger partial charge on any atom is 0.437 e. The Bertz CT molecular complexity index is 1310. The van der Waals surface area contributed by atoms with Crippen LogP contribution in [0.3, 0.4) is 0 Å². The van der Waals surface area contributed by atoms with E-state index < -0.39 is 17.6 Å². The molecule has 1 unspecified atom stereocenters. The molecule has 2 aromatic heterocycles. The van der Waals surface area contributed by atoms with Crippen LogP contribution in [0.15, 0.2) is 36.7 Å². The average Bonchev–Trinajstić information content (AvgIpc) is 3.38. The molecule has 1 saturated carbocycles. The number of nitrogens with zero attached hydrogens (tertiary/aromatic N) is 5. The van der Waals surface area contributed by atoms with Gasteiger partial charge in [0.05, 0.1) is 42.2 Å². The van der Waals surface area contributed by atoms with Crippen molar-refractivity contribution >= 4 is 17.8 Å². The zero-order valence-corrected chi connectivity index (χ0v) is 20.4. The van der Waals surface area contributed by atoms with Crippen molar-refractivity contribution in [1.82, 2.24) is 19.6 Å². The topological polar surface area (TPSA) is 124 Å². The monoisotopic (exact) mass is 476 g/mol. The largest absolute Gasteiger partial charge is 0.497 e. The normalized spacial score (nSPS) is 14.2. The highest BCUT2D eigenvalue weighted by molar-refractivity contribution is 5.96. The van der Waals surface area contributed by atoms with Crippen LogP contribution in [-0.4, -0.2) is 44.3 Å². The molecule has 35 heavy (non-hydrogen) atoms. The summed E-state index contributed by atoms with van der Waals surface area (Å²) in [5.41, 5.74) is 1.80. The predicted octanol–water partition coefficient (Wildman–Crippen LogP) is 4.35. The van der Waals surface area contributed by atoms with Crippen LogP contribution < -0.4 is 10.1 Å². The van der Waals surface area contributed by atoms with E-state index in [1.807, 2.05) is 0 Å². The second kappa shape index (κ2) is 9.25. The van der Waals surface area contributed by atoms with Crippen molar-refractivity contribution in [3.05, 3.63) is 53.5 Å². The number of hydrogen-bond acceptors (Lipinski definition) is 7. The van der Waals surface area contributed by atoms with E-state index in [1.54, 1.807) is 69.0 Å². The number of anilines is 1. The van der Waals surface area contributed by atoms with Crippen LogP contribution in [0.2, 0.25) is 0 Å². The van der Waals surface area contributed by atoms with Crippen LogP contribution >= 0.6 is 0 Å². The summed E-state index contributed by atoms with van der Waals surface area (Å²) in [6.45, 7) is 7.07. The summed E-state index contributed by atoms with van der Waals surface area (Å²) >= 11 is 0. The fraction of sp³-hybridized carbons (Fsp3) is 0.400. The summed E-state index contributed by atoms with van der Waals surface area (Å²) in [5.74, 6) is 0.211. The van der Waals surface area contributed by atoms with E-state index in [1.165, 1.54) is 7.11 Å². The number of benzene rings is 1. The van der Waals surface area contributed by atoms with Gasteiger partial charge in [-0.1, -0.05) is 0 Å². The van der Waals surface area contributed by atoms with Crippen molar-refractivity contribution in [3.63, 3.8) is 0 Å². The lowest BCUT2D eigenvalue weighted by atomic mass is 10.0. The maximum atomic E-state index is 13.1. The number of aromatic nitrogens is 4. The highest BCUT2D eigenvalue weighted by atomic mass is 16.6. The number of hydrogen-bond donors (Lipinski definition) is 1. The summed E-state index contributed by atoms with van der Waals surface area (Å²) in [5, 5.41) is 20.8. The minimum absolute atomic E-state index is 0.275. The molecular weight excluding hydrogens is 448 g/mol. The zero-order chi connectivity index (χ0) is 25.3. The van der Waals surface area contributed by atoms with E-state index in [0.29, 0.717) is 28.5 Å². The van der Waals surface area contributed by atoms with E-state index in [9.17, 15) is 14.9 Å². The third kappa shape index (κ3) is 5.51. The molecule has 10 nitrogen and oxygen atoms in total. The molecule has 1 aromatic carbocycles. The molecule has 1 N–H and O–H groups in total. The van der Waals surface area contributed by atoms with E-state index in [2.05, 4.69) is 21.6 Å². The Morgan fingerprint density at radius 3 is 2.60 bits per heavy atom. The van der Waals surface area contributed by atoms with Crippen molar-refractivity contribution in [2.24, 2.45) is 0 Å². The van der Waals surface area contributed by atoms with E-state index in [0.717, 1.165) is 23.2 Å². The van der Waals surface area contributed by atoms with Gasteiger partial charge in [0, 0.05) is 29.8 Å². The van der Waals surface area contributed by atoms with Gasteiger partial charge in [-0.05, 0) is 52.7 Å². The molecule has 1 atom stereocenters. The highest BCUT2D eigenvalue weighted by Crippen LogP contribution is 2.40. The fourth-order valence-corrected chi connectivity index (χ4v) is 3.50. The molecular formula is C25H28N6O4. The van der Waals surface area contributed by atoms with Crippen molar-refractivity contribution < 1.29 is 19.1 Å². The molecule has 1 fully saturated rings. The Hall–Kier alpha value is -4.13. The predicted molar refractivity (Wildman–Crippen MR) is 128 cm³/mol. The summed E-state index contributed by atoms with van der Waals surface area (Å²) in [4.78, 5) is 25.8. The van der Waals surface area contributed by atoms with Crippen LogP contribution in [0.5, 0.6) is 5.75 Å². The van der Waals surface area contributed by atoms with Crippen molar-refractivity contribution in [2.75, 3.05) is 12.4 Å². The first-order valence-electron chi connectivity index (χ1n) is 11.4. The molecule has 182 valence electrons. The van der Waals surface area contributed by atoms with Gasteiger partial charge in [-0.25, -0.2) is 9.48 Å². The van der Waals surface area contributed by atoms with Gasteiger partial charge in [-0.3, -0.25) is 4.79 Å². The fourth-order valence-electron chi connectivity index (χ4n) is 3.50. The maximum absolute atomic E-state index is 13.1. The van der Waals surface area contributed by atoms with Gasteiger partial charge in [-0.15, -0.1) is 4.68 Å². The number of methoxy groups -OCH3 is 1. The molecule has 0 bridgehead atoms. The van der Waals surface area contributed by atoms with Gasteiger partial charge >= 0.3 is 6.09 Å². The van der Waals surface area contributed by atoms with Crippen molar-refractivity contribution in [2.45, 2.75) is 58.0 Å². The second-order valence-corrected chi connectivity index (χ2v) is 9.58. The van der Waals surface area contributed by atoms with Crippen LogP contribution in [0, 0.1) is 11.3 Å². The molecule has 3 aromatic rings. The molecule has 4 rings (SSSR count). The number of amides is 1. The first-order valence-corrected chi connectivity index (χ1v) is 11.4. The molecule has 2 heterocycles. The van der Waals surface area contributed by atoms with Crippen LogP contribution in [0.25, 0.3) is 5.69 Å². The zero-order valence-electron chi connectivity index (χ0n) is 20.4. The lowest BCUT2D eigenvalue weighted by molar-refractivity contribution is -0.117. The average molecular weight is 477 g/mol. The minimum atomic E-state index is -0.697. The van der Waals surface area contributed by atoms with Crippen LogP contribution in [-0.2, 0) is 9.53 Å². The first-order chi connectivity index (χ1) is 16.6. The lowest BCUT2D eigenvalue weighted by Crippen LogP contribution is -2.29. The molecule has 0 radical (unpaired) electrons. The smallest absolute Gasteiger partial charge is 0.437 e. The third-order valence-electron chi connectivity index (χ3n) is 5.56. The minimum Gasteiger partial charge on any atom is -0.497 e. The first kappa shape index (κ1) is 24.0. The number of nitriles is 1. The molecule has 1 amide bonds. The van der Waals surface area contributed by atoms with Crippen molar-refractivity contribution in [1.29, 1.82) is 5.26 Å².